The fraction of sp³-hybridized carbons (Fsp3) is 0.850. The van der Waals surface area contributed by atoms with Crippen LogP contribution in [0.4, 0.5) is 0 Å². The maximum Gasteiger partial charge on any atom is 0.170 e. The first-order chi connectivity index (χ1) is 11.5. The predicted molar refractivity (Wildman–Crippen MR) is 91.4 cm³/mol. The van der Waals surface area contributed by atoms with Crippen LogP contribution in [0.15, 0.2) is 12.2 Å². The summed E-state index contributed by atoms with van der Waals surface area (Å²) in [6, 6.07) is 0. The van der Waals surface area contributed by atoms with Crippen molar-refractivity contribution in [3.63, 3.8) is 0 Å². The zero-order valence-electron chi connectivity index (χ0n) is 15.3. The van der Waals surface area contributed by atoms with E-state index in [-0.39, 0.29) is 29.0 Å². The molecule has 0 aliphatic heterocycles. The van der Waals surface area contributed by atoms with Crippen LogP contribution in [0.25, 0.3) is 0 Å². The highest BCUT2D eigenvalue weighted by atomic mass is 16.3. The lowest BCUT2D eigenvalue weighted by Gasteiger charge is -2.67. The molecule has 0 amide bonds. The molecule has 4 N–H and O–H groups in total. The van der Waals surface area contributed by atoms with Crippen LogP contribution in [-0.2, 0) is 4.79 Å². The van der Waals surface area contributed by atoms with Crippen LogP contribution in [0.3, 0.4) is 0 Å². The smallest absolute Gasteiger partial charge is 0.170 e. The van der Waals surface area contributed by atoms with Crippen molar-refractivity contribution in [3.8, 4) is 0 Å². The average molecular weight is 350 g/mol. The SMILES string of the molecule is C=C1C(=O)C23C(O)CC4C(C)(C)CC(O)C(O)C4(C)C2CCC1C3O. The molecule has 0 heterocycles. The van der Waals surface area contributed by atoms with Crippen molar-refractivity contribution in [3.05, 3.63) is 12.2 Å². The summed E-state index contributed by atoms with van der Waals surface area (Å²) in [5.41, 5.74) is -1.86. The van der Waals surface area contributed by atoms with E-state index < -0.39 is 35.2 Å². The summed E-state index contributed by atoms with van der Waals surface area (Å²) in [5, 5.41) is 43.7. The van der Waals surface area contributed by atoms with Crippen molar-refractivity contribution in [1.29, 1.82) is 0 Å². The molecule has 0 aromatic heterocycles. The summed E-state index contributed by atoms with van der Waals surface area (Å²) in [7, 11) is 0. The van der Waals surface area contributed by atoms with E-state index in [1.165, 1.54) is 0 Å². The molecule has 0 radical (unpaired) electrons. The molecular formula is C20H30O5. The highest BCUT2D eigenvalue weighted by Gasteiger charge is 2.75. The highest BCUT2D eigenvalue weighted by Crippen LogP contribution is 2.70. The number of carbonyl (C=O) groups excluding carboxylic acids is 1. The second kappa shape index (κ2) is 4.94. The Morgan fingerprint density at radius 1 is 1.00 bits per heavy atom. The molecule has 4 fully saturated rings. The molecule has 4 aliphatic rings. The number of Topliss-reactive ketones (excluding diaryl/α,β-unsaturated/α-hetero) is 1. The van der Waals surface area contributed by atoms with Crippen LogP contribution in [-0.4, -0.2) is 50.6 Å². The van der Waals surface area contributed by atoms with E-state index in [0.29, 0.717) is 31.3 Å². The third-order valence-corrected chi connectivity index (χ3v) is 8.54. The quantitative estimate of drug-likeness (QED) is 0.489. The molecule has 0 saturated heterocycles. The summed E-state index contributed by atoms with van der Waals surface area (Å²) in [4.78, 5) is 13.2. The van der Waals surface area contributed by atoms with Gasteiger partial charge in [-0.2, -0.15) is 0 Å². The molecule has 0 aromatic rings. The minimum absolute atomic E-state index is 0.0329. The van der Waals surface area contributed by atoms with Crippen LogP contribution in [0.2, 0.25) is 0 Å². The molecule has 0 aromatic carbocycles. The molecule has 5 nitrogen and oxygen atoms in total. The first-order valence-electron chi connectivity index (χ1n) is 9.46. The van der Waals surface area contributed by atoms with E-state index in [2.05, 4.69) is 20.4 Å². The second-order valence-electron chi connectivity index (χ2n) is 9.84. The standard InChI is InChI=1S/C20H30O5/c1-9-10-5-6-12-19(4)13(18(2,3)8-11(21)17(19)25)7-14(22)20(12,15(9)23)16(10)24/h10-14,16-17,21-22,24-25H,1,5-8H2,2-4H3. The van der Waals surface area contributed by atoms with Crippen LogP contribution in [0.5, 0.6) is 0 Å². The van der Waals surface area contributed by atoms with Gasteiger partial charge in [0.2, 0.25) is 0 Å². The van der Waals surface area contributed by atoms with Gasteiger partial charge in [0.05, 0.1) is 29.8 Å². The third-order valence-electron chi connectivity index (χ3n) is 8.54. The fourth-order valence-electron chi connectivity index (χ4n) is 7.49. The summed E-state index contributed by atoms with van der Waals surface area (Å²) in [6.07, 6.45) is -1.62. The fourth-order valence-corrected chi connectivity index (χ4v) is 7.49. The lowest BCUT2D eigenvalue weighted by molar-refractivity contribution is -0.270. The Morgan fingerprint density at radius 2 is 1.64 bits per heavy atom. The molecule has 140 valence electrons. The van der Waals surface area contributed by atoms with Gasteiger partial charge in [-0.1, -0.05) is 27.4 Å². The Bertz CT molecular complexity index is 642. The largest absolute Gasteiger partial charge is 0.392 e. The van der Waals surface area contributed by atoms with Gasteiger partial charge in [0, 0.05) is 11.3 Å². The van der Waals surface area contributed by atoms with E-state index in [1.54, 1.807) is 0 Å². The predicted octanol–water partition coefficient (Wildman–Crippen LogP) is 1.04. The van der Waals surface area contributed by atoms with E-state index in [0.717, 1.165) is 0 Å². The molecule has 9 unspecified atom stereocenters. The van der Waals surface area contributed by atoms with Gasteiger partial charge in [-0.3, -0.25) is 4.79 Å². The van der Waals surface area contributed by atoms with Crippen LogP contribution in [0.1, 0.15) is 46.5 Å². The van der Waals surface area contributed by atoms with Crippen LogP contribution >= 0.6 is 0 Å². The van der Waals surface area contributed by atoms with Crippen molar-refractivity contribution < 1.29 is 25.2 Å². The number of carbonyl (C=O) groups is 1. The van der Waals surface area contributed by atoms with E-state index >= 15 is 0 Å². The van der Waals surface area contributed by atoms with Crippen LogP contribution < -0.4 is 0 Å². The minimum Gasteiger partial charge on any atom is -0.392 e. The van der Waals surface area contributed by atoms with E-state index in [9.17, 15) is 25.2 Å². The zero-order valence-corrected chi connectivity index (χ0v) is 15.3. The van der Waals surface area contributed by atoms with Crippen molar-refractivity contribution in [2.45, 2.75) is 70.9 Å². The van der Waals surface area contributed by atoms with Gasteiger partial charge in [0.15, 0.2) is 5.78 Å². The van der Waals surface area contributed by atoms with Crippen molar-refractivity contribution in [2.75, 3.05) is 0 Å². The van der Waals surface area contributed by atoms with Crippen molar-refractivity contribution >= 4 is 5.78 Å². The van der Waals surface area contributed by atoms with E-state index in [1.807, 2.05) is 6.92 Å². The number of aliphatic hydroxyl groups excluding tert-OH is 4. The Balaban J connectivity index is 1.92. The third kappa shape index (κ3) is 1.76. The highest BCUT2D eigenvalue weighted by molar-refractivity contribution is 6.04. The Morgan fingerprint density at radius 3 is 2.28 bits per heavy atom. The number of hydrogen-bond donors (Lipinski definition) is 4. The van der Waals surface area contributed by atoms with Crippen molar-refractivity contribution in [2.24, 2.45) is 34.0 Å². The molecular weight excluding hydrogens is 320 g/mol. The first kappa shape index (κ1) is 17.7. The summed E-state index contributed by atoms with van der Waals surface area (Å²) >= 11 is 0. The van der Waals surface area contributed by atoms with Gasteiger partial charge in [0.25, 0.3) is 0 Å². The number of rotatable bonds is 0. The van der Waals surface area contributed by atoms with Crippen molar-refractivity contribution in [1.82, 2.24) is 0 Å². The van der Waals surface area contributed by atoms with Gasteiger partial charge in [0.1, 0.15) is 0 Å². The molecule has 4 aliphatic carbocycles. The first-order valence-corrected chi connectivity index (χ1v) is 9.46. The molecule has 5 heteroatoms. The monoisotopic (exact) mass is 350 g/mol. The maximum absolute atomic E-state index is 13.2. The van der Waals surface area contributed by atoms with Gasteiger partial charge >= 0.3 is 0 Å². The second-order valence-corrected chi connectivity index (χ2v) is 9.84. The summed E-state index contributed by atoms with van der Waals surface area (Å²) in [5.74, 6) is -0.924. The van der Waals surface area contributed by atoms with Gasteiger partial charge in [-0.25, -0.2) is 0 Å². The van der Waals surface area contributed by atoms with Crippen LogP contribution in [0, 0.1) is 34.0 Å². The normalized spacial score (nSPS) is 57.2. The molecule has 4 saturated carbocycles. The molecule has 4 rings (SSSR count). The number of fused-ring (bicyclic) bond motifs is 3. The Hall–Kier alpha value is -0.750. The maximum atomic E-state index is 13.2. The van der Waals surface area contributed by atoms with Gasteiger partial charge in [-0.05, 0) is 48.5 Å². The number of hydrogen-bond acceptors (Lipinski definition) is 5. The van der Waals surface area contributed by atoms with E-state index in [4.69, 9.17) is 0 Å². The molecule has 25 heavy (non-hydrogen) atoms. The van der Waals surface area contributed by atoms with Gasteiger partial charge in [-0.15, -0.1) is 0 Å². The molecule has 2 bridgehead atoms. The Labute approximate surface area is 148 Å². The minimum atomic E-state index is -1.28. The number of aliphatic hydroxyl groups is 4. The average Bonchev–Trinajstić information content (AvgIpc) is 2.65. The topological polar surface area (TPSA) is 98.0 Å². The van der Waals surface area contributed by atoms with Gasteiger partial charge < -0.3 is 20.4 Å². The lowest BCUT2D eigenvalue weighted by Crippen LogP contribution is -2.71. The number of ketones is 1. The molecule has 1 spiro atoms. The zero-order chi connectivity index (χ0) is 18.5. The summed E-state index contributed by atoms with van der Waals surface area (Å²) in [6.45, 7) is 9.98. The lowest BCUT2D eigenvalue weighted by atomic mass is 9.39. The Kier molecular flexibility index (Phi) is 3.49. The summed E-state index contributed by atoms with van der Waals surface area (Å²) < 4.78 is 0. The molecule has 9 atom stereocenters.